The SMILES string of the molecule is COC(=O)[C@]1(C)CN(CCF)CCC1(F)F. The third-order valence-electron chi connectivity index (χ3n) is 3.13. The molecular weight excluding hydrogens is 223 g/mol. The number of rotatable bonds is 3. The fourth-order valence-corrected chi connectivity index (χ4v) is 1.97. The van der Waals surface area contributed by atoms with Gasteiger partial charge in [0.2, 0.25) is 0 Å². The van der Waals surface area contributed by atoms with Crippen molar-refractivity contribution in [2.24, 2.45) is 5.41 Å². The summed E-state index contributed by atoms with van der Waals surface area (Å²) in [7, 11) is 1.08. The first-order valence-electron chi connectivity index (χ1n) is 5.12. The largest absolute Gasteiger partial charge is 0.468 e. The van der Waals surface area contributed by atoms with Crippen molar-refractivity contribution in [3.05, 3.63) is 0 Å². The highest BCUT2D eigenvalue weighted by atomic mass is 19.3. The van der Waals surface area contributed by atoms with Crippen LogP contribution in [0, 0.1) is 5.41 Å². The summed E-state index contributed by atoms with van der Waals surface area (Å²) in [5.74, 6) is -4.05. The van der Waals surface area contributed by atoms with Gasteiger partial charge in [-0.15, -0.1) is 0 Å². The third kappa shape index (κ3) is 2.16. The molecular formula is C10H16F3NO2. The van der Waals surface area contributed by atoms with Gasteiger partial charge in [0.1, 0.15) is 12.1 Å². The second-order valence-electron chi connectivity index (χ2n) is 4.24. The first-order valence-corrected chi connectivity index (χ1v) is 5.12. The Hall–Kier alpha value is -0.780. The van der Waals surface area contributed by atoms with Crippen molar-refractivity contribution in [1.82, 2.24) is 4.90 Å². The van der Waals surface area contributed by atoms with E-state index in [1.807, 2.05) is 0 Å². The molecule has 0 unspecified atom stereocenters. The van der Waals surface area contributed by atoms with Crippen LogP contribution in [0.5, 0.6) is 0 Å². The van der Waals surface area contributed by atoms with Crippen LogP contribution in [0.4, 0.5) is 13.2 Å². The van der Waals surface area contributed by atoms with E-state index < -0.39 is 30.4 Å². The molecule has 1 heterocycles. The summed E-state index contributed by atoms with van der Waals surface area (Å²) in [6.07, 6.45) is -0.446. The molecule has 1 saturated heterocycles. The van der Waals surface area contributed by atoms with E-state index in [0.717, 1.165) is 7.11 Å². The molecule has 1 fully saturated rings. The summed E-state index contributed by atoms with van der Waals surface area (Å²) >= 11 is 0. The zero-order valence-electron chi connectivity index (χ0n) is 9.43. The van der Waals surface area contributed by atoms with Crippen molar-refractivity contribution in [2.45, 2.75) is 19.3 Å². The number of hydrogen-bond acceptors (Lipinski definition) is 3. The number of alkyl halides is 3. The van der Waals surface area contributed by atoms with Gasteiger partial charge in [0.25, 0.3) is 5.92 Å². The van der Waals surface area contributed by atoms with Crippen LogP contribution in [-0.2, 0) is 9.53 Å². The summed E-state index contributed by atoms with van der Waals surface area (Å²) in [6.45, 7) is 0.564. The number of piperidine rings is 1. The van der Waals surface area contributed by atoms with Crippen LogP contribution in [0.1, 0.15) is 13.3 Å². The summed E-state index contributed by atoms with van der Waals surface area (Å²) in [5.41, 5.74) is -1.88. The Morgan fingerprint density at radius 1 is 1.50 bits per heavy atom. The molecule has 16 heavy (non-hydrogen) atoms. The monoisotopic (exact) mass is 239 g/mol. The maximum absolute atomic E-state index is 13.7. The molecule has 0 amide bonds. The van der Waals surface area contributed by atoms with Crippen LogP contribution < -0.4 is 0 Å². The molecule has 0 aromatic heterocycles. The molecule has 0 aromatic carbocycles. The molecule has 0 spiro atoms. The standard InChI is InChI=1S/C10H16F3NO2/c1-9(8(15)16-2)7-14(6-4-11)5-3-10(9,12)13/h3-7H2,1-2H3/t9-/m0/s1. The van der Waals surface area contributed by atoms with E-state index >= 15 is 0 Å². The predicted molar refractivity (Wildman–Crippen MR) is 52.1 cm³/mol. The van der Waals surface area contributed by atoms with Crippen molar-refractivity contribution in [3.63, 3.8) is 0 Å². The Kier molecular flexibility index (Phi) is 3.83. The van der Waals surface area contributed by atoms with E-state index in [1.54, 1.807) is 0 Å². The van der Waals surface area contributed by atoms with Crippen molar-refractivity contribution in [2.75, 3.05) is 33.4 Å². The summed E-state index contributed by atoms with van der Waals surface area (Å²) in [6, 6.07) is 0. The molecule has 1 rings (SSSR count). The fourth-order valence-electron chi connectivity index (χ4n) is 1.97. The lowest BCUT2D eigenvalue weighted by Gasteiger charge is -2.43. The smallest absolute Gasteiger partial charge is 0.318 e. The van der Waals surface area contributed by atoms with Crippen molar-refractivity contribution in [1.29, 1.82) is 0 Å². The highest BCUT2D eigenvalue weighted by Crippen LogP contribution is 2.44. The molecule has 0 N–H and O–H groups in total. The normalized spacial score (nSPS) is 30.1. The Morgan fingerprint density at radius 2 is 2.12 bits per heavy atom. The van der Waals surface area contributed by atoms with Crippen LogP contribution in [0.15, 0.2) is 0 Å². The van der Waals surface area contributed by atoms with Gasteiger partial charge in [-0.05, 0) is 6.92 Å². The van der Waals surface area contributed by atoms with Crippen LogP contribution in [-0.4, -0.2) is 50.2 Å². The van der Waals surface area contributed by atoms with E-state index in [-0.39, 0.29) is 19.6 Å². The molecule has 94 valence electrons. The zero-order chi connectivity index (χ0) is 12.4. The first-order chi connectivity index (χ1) is 7.37. The summed E-state index contributed by atoms with van der Waals surface area (Å²) < 4.78 is 43.9. The molecule has 1 aliphatic rings. The quantitative estimate of drug-likeness (QED) is 0.699. The van der Waals surface area contributed by atoms with Gasteiger partial charge in [-0.25, -0.2) is 13.2 Å². The van der Waals surface area contributed by atoms with Crippen molar-refractivity contribution >= 4 is 5.97 Å². The number of halogens is 3. The lowest BCUT2D eigenvalue weighted by molar-refractivity contribution is -0.195. The second kappa shape index (κ2) is 4.61. The van der Waals surface area contributed by atoms with E-state index in [0.29, 0.717) is 0 Å². The van der Waals surface area contributed by atoms with Gasteiger partial charge in [0.05, 0.1) is 7.11 Å². The lowest BCUT2D eigenvalue weighted by Crippen LogP contribution is -2.58. The zero-order valence-corrected chi connectivity index (χ0v) is 9.43. The van der Waals surface area contributed by atoms with Gasteiger partial charge < -0.3 is 4.74 Å². The van der Waals surface area contributed by atoms with Gasteiger partial charge in [-0.3, -0.25) is 9.69 Å². The van der Waals surface area contributed by atoms with Crippen LogP contribution in [0.2, 0.25) is 0 Å². The van der Waals surface area contributed by atoms with E-state index in [4.69, 9.17) is 0 Å². The number of likely N-dealkylation sites (tertiary alicyclic amines) is 1. The van der Waals surface area contributed by atoms with E-state index in [9.17, 15) is 18.0 Å². The number of carbonyl (C=O) groups excluding carboxylic acids is 1. The molecule has 0 aliphatic carbocycles. The van der Waals surface area contributed by atoms with Crippen LogP contribution in [0.25, 0.3) is 0 Å². The van der Waals surface area contributed by atoms with E-state index in [2.05, 4.69) is 4.74 Å². The Morgan fingerprint density at radius 3 is 2.62 bits per heavy atom. The van der Waals surface area contributed by atoms with Crippen LogP contribution >= 0.6 is 0 Å². The molecule has 1 atom stereocenters. The van der Waals surface area contributed by atoms with Gasteiger partial charge >= 0.3 is 5.97 Å². The van der Waals surface area contributed by atoms with Gasteiger partial charge in [-0.2, -0.15) is 0 Å². The first kappa shape index (κ1) is 13.3. The molecule has 6 heteroatoms. The van der Waals surface area contributed by atoms with E-state index in [1.165, 1.54) is 11.8 Å². The summed E-state index contributed by atoms with van der Waals surface area (Å²) in [4.78, 5) is 13.0. The molecule has 3 nitrogen and oxygen atoms in total. The number of hydrogen-bond donors (Lipinski definition) is 0. The Bertz CT molecular complexity index is 273. The Balaban J connectivity index is 2.87. The maximum atomic E-state index is 13.7. The van der Waals surface area contributed by atoms with Crippen LogP contribution in [0.3, 0.4) is 0 Å². The minimum absolute atomic E-state index is 0.0721. The molecule has 0 aromatic rings. The van der Waals surface area contributed by atoms with Gasteiger partial charge in [-0.1, -0.05) is 0 Å². The number of nitrogens with zero attached hydrogens (tertiary/aromatic N) is 1. The topological polar surface area (TPSA) is 29.5 Å². The van der Waals surface area contributed by atoms with Gasteiger partial charge in [0, 0.05) is 26.1 Å². The number of esters is 1. The van der Waals surface area contributed by atoms with Crippen molar-refractivity contribution < 1.29 is 22.7 Å². The third-order valence-corrected chi connectivity index (χ3v) is 3.13. The molecule has 0 saturated carbocycles. The second-order valence-corrected chi connectivity index (χ2v) is 4.24. The molecule has 1 aliphatic heterocycles. The predicted octanol–water partition coefficient (Wildman–Crippen LogP) is 1.48. The molecule has 0 bridgehead atoms. The van der Waals surface area contributed by atoms with Gasteiger partial charge in [0.15, 0.2) is 0 Å². The number of ether oxygens (including phenoxy) is 1. The molecule has 0 radical (unpaired) electrons. The number of carbonyl (C=O) groups is 1. The summed E-state index contributed by atoms with van der Waals surface area (Å²) in [5, 5.41) is 0. The highest BCUT2D eigenvalue weighted by Gasteiger charge is 2.59. The average Bonchev–Trinajstić information content (AvgIpc) is 2.23. The number of methoxy groups -OCH3 is 1. The highest BCUT2D eigenvalue weighted by molar-refractivity contribution is 5.78. The minimum atomic E-state index is -3.10. The maximum Gasteiger partial charge on any atom is 0.318 e. The Labute approximate surface area is 92.5 Å². The lowest BCUT2D eigenvalue weighted by atomic mass is 9.78. The van der Waals surface area contributed by atoms with Crippen molar-refractivity contribution in [3.8, 4) is 0 Å². The minimum Gasteiger partial charge on any atom is -0.468 e. The average molecular weight is 239 g/mol. The fraction of sp³-hybridized carbons (Fsp3) is 0.900.